The number of benzene rings is 1. The van der Waals surface area contributed by atoms with Gasteiger partial charge in [0.1, 0.15) is 11.5 Å². The smallest absolute Gasteiger partial charge is 0.320 e. The molecule has 2 saturated heterocycles. The molecule has 1 aromatic carbocycles. The van der Waals surface area contributed by atoms with Crippen LogP contribution in [0.15, 0.2) is 18.2 Å². The molecule has 0 radical (unpaired) electrons. The monoisotopic (exact) mass is 403 g/mol. The lowest BCUT2D eigenvalue weighted by atomic mass is 9.93. The summed E-state index contributed by atoms with van der Waals surface area (Å²) in [5.41, 5.74) is 0.918. The zero-order valence-corrected chi connectivity index (χ0v) is 17.6. The number of carbonyl (C=O) groups excluding carboxylic acids is 2. The first-order valence-corrected chi connectivity index (χ1v) is 10.6. The van der Waals surface area contributed by atoms with E-state index in [9.17, 15) is 9.59 Å². The number of likely N-dealkylation sites (tertiary alicyclic amines) is 2. The van der Waals surface area contributed by atoms with E-state index < -0.39 is 0 Å². The molecule has 160 valence electrons. The lowest BCUT2D eigenvalue weighted by Gasteiger charge is -2.35. The van der Waals surface area contributed by atoms with Gasteiger partial charge >= 0.3 is 6.03 Å². The van der Waals surface area contributed by atoms with Gasteiger partial charge in [0.25, 0.3) is 0 Å². The highest BCUT2D eigenvalue weighted by atomic mass is 16.5. The van der Waals surface area contributed by atoms with Gasteiger partial charge in [0.2, 0.25) is 5.91 Å². The molecular formula is C22H33N3O4. The Labute approximate surface area is 173 Å². The SMILES string of the molecule is COc1ccc(CNC(=O)CC[C@H]2CCCN(C(=O)N3CCCC3)C2)c(OC)c1. The second kappa shape index (κ2) is 10.4. The van der Waals surface area contributed by atoms with Gasteiger partial charge in [-0.15, -0.1) is 0 Å². The number of urea groups is 1. The van der Waals surface area contributed by atoms with Gasteiger partial charge in [-0.1, -0.05) is 0 Å². The zero-order valence-electron chi connectivity index (χ0n) is 17.6. The van der Waals surface area contributed by atoms with Crippen LogP contribution in [0.4, 0.5) is 4.79 Å². The number of piperidine rings is 1. The van der Waals surface area contributed by atoms with Gasteiger partial charge in [0, 0.05) is 50.8 Å². The Kier molecular flexibility index (Phi) is 7.61. The van der Waals surface area contributed by atoms with E-state index in [1.165, 1.54) is 0 Å². The Hall–Kier alpha value is -2.44. The van der Waals surface area contributed by atoms with Crippen LogP contribution in [0, 0.1) is 5.92 Å². The van der Waals surface area contributed by atoms with Crippen molar-refractivity contribution in [2.75, 3.05) is 40.4 Å². The average Bonchev–Trinajstić information content (AvgIpc) is 3.30. The number of amides is 3. The quantitative estimate of drug-likeness (QED) is 0.760. The molecule has 29 heavy (non-hydrogen) atoms. The molecule has 3 rings (SSSR count). The lowest BCUT2D eigenvalue weighted by Crippen LogP contribution is -2.46. The molecule has 2 aliphatic heterocycles. The minimum absolute atomic E-state index is 0.0332. The molecular weight excluding hydrogens is 370 g/mol. The van der Waals surface area contributed by atoms with Crippen LogP contribution in [0.5, 0.6) is 11.5 Å². The fraction of sp³-hybridized carbons (Fsp3) is 0.636. The van der Waals surface area contributed by atoms with Crippen LogP contribution in [0.2, 0.25) is 0 Å². The van der Waals surface area contributed by atoms with E-state index >= 15 is 0 Å². The lowest BCUT2D eigenvalue weighted by molar-refractivity contribution is -0.121. The molecule has 0 bridgehead atoms. The van der Waals surface area contributed by atoms with E-state index in [0.717, 1.165) is 69.6 Å². The Morgan fingerprint density at radius 1 is 1.07 bits per heavy atom. The molecule has 0 spiro atoms. The van der Waals surface area contributed by atoms with Gasteiger partial charge in [-0.2, -0.15) is 0 Å². The summed E-state index contributed by atoms with van der Waals surface area (Å²) in [7, 11) is 3.22. The Morgan fingerprint density at radius 2 is 1.83 bits per heavy atom. The number of hydrogen-bond acceptors (Lipinski definition) is 4. The van der Waals surface area contributed by atoms with Crippen molar-refractivity contribution < 1.29 is 19.1 Å². The molecule has 0 aromatic heterocycles. The molecule has 1 aromatic rings. The van der Waals surface area contributed by atoms with E-state index in [0.29, 0.717) is 24.6 Å². The standard InChI is InChI=1S/C22H33N3O4/c1-28-19-9-8-18(20(14-19)29-2)15-23-21(26)10-7-17-6-5-13-25(16-17)22(27)24-11-3-4-12-24/h8-9,14,17H,3-7,10-13,15-16H2,1-2H3,(H,23,26)/t17-/m1/s1. The highest BCUT2D eigenvalue weighted by Gasteiger charge is 2.28. The van der Waals surface area contributed by atoms with Gasteiger partial charge in [-0.25, -0.2) is 4.79 Å². The second-order valence-corrected chi connectivity index (χ2v) is 7.92. The zero-order chi connectivity index (χ0) is 20.6. The van der Waals surface area contributed by atoms with E-state index in [4.69, 9.17) is 9.47 Å². The van der Waals surface area contributed by atoms with Crippen LogP contribution in [0.1, 0.15) is 44.1 Å². The van der Waals surface area contributed by atoms with Crippen LogP contribution in [0.3, 0.4) is 0 Å². The summed E-state index contributed by atoms with van der Waals surface area (Å²) in [4.78, 5) is 28.9. The molecule has 2 aliphatic rings. The maximum absolute atomic E-state index is 12.6. The number of rotatable bonds is 7. The van der Waals surface area contributed by atoms with Crippen LogP contribution in [0.25, 0.3) is 0 Å². The molecule has 7 heteroatoms. The third-order valence-corrected chi connectivity index (χ3v) is 5.92. The minimum Gasteiger partial charge on any atom is -0.497 e. The Bertz CT molecular complexity index is 703. The fourth-order valence-electron chi connectivity index (χ4n) is 4.20. The van der Waals surface area contributed by atoms with E-state index in [1.54, 1.807) is 14.2 Å². The van der Waals surface area contributed by atoms with Crippen LogP contribution in [-0.2, 0) is 11.3 Å². The predicted molar refractivity (Wildman–Crippen MR) is 111 cm³/mol. The van der Waals surface area contributed by atoms with Crippen molar-refractivity contribution in [1.29, 1.82) is 0 Å². The molecule has 7 nitrogen and oxygen atoms in total. The van der Waals surface area contributed by atoms with Crippen LogP contribution in [-0.4, -0.2) is 62.1 Å². The highest BCUT2D eigenvalue weighted by Crippen LogP contribution is 2.25. The number of methoxy groups -OCH3 is 2. The average molecular weight is 404 g/mol. The first-order valence-electron chi connectivity index (χ1n) is 10.6. The summed E-state index contributed by atoms with van der Waals surface area (Å²) in [6.45, 7) is 3.81. The van der Waals surface area contributed by atoms with Crippen molar-refractivity contribution in [3.05, 3.63) is 23.8 Å². The third-order valence-electron chi connectivity index (χ3n) is 5.92. The highest BCUT2D eigenvalue weighted by molar-refractivity contribution is 5.76. The molecule has 2 fully saturated rings. The van der Waals surface area contributed by atoms with Gasteiger partial charge in [0.05, 0.1) is 14.2 Å². The Morgan fingerprint density at radius 3 is 2.55 bits per heavy atom. The molecule has 3 amide bonds. The van der Waals surface area contributed by atoms with Gasteiger partial charge in [-0.3, -0.25) is 4.79 Å². The van der Waals surface area contributed by atoms with Crippen molar-refractivity contribution in [1.82, 2.24) is 15.1 Å². The van der Waals surface area contributed by atoms with E-state index in [1.807, 2.05) is 28.0 Å². The van der Waals surface area contributed by atoms with Crippen molar-refractivity contribution in [2.45, 2.75) is 45.1 Å². The molecule has 1 N–H and O–H groups in total. The maximum Gasteiger partial charge on any atom is 0.320 e. The summed E-state index contributed by atoms with van der Waals surface area (Å²) in [6, 6.07) is 5.76. The summed E-state index contributed by atoms with van der Waals surface area (Å²) in [5, 5.41) is 2.98. The third kappa shape index (κ3) is 5.78. The summed E-state index contributed by atoms with van der Waals surface area (Å²) >= 11 is 0. The second-order valence-electron chi connectivity index (χ2n) is 7.92. The normalized spacial score (nSPS) is 19.2. The number of ether oxygens (including phenoxy) is 2. The molecule has 2 heterocycles. The fourth-order valence-corrected chi connectivity index (χ4v) is 4.20. The largest absolute Gasteiger partial charge is 0.497 e. The van der Waals surface area contributed by atoms with Crippen molar-refractivity contribution in [2.24, 2.45) is 5.92 Å². The van der Waals surface area contributed by atoms with Crippen LogP contribution < -0.4 is 14.8 Å². The maximum atomic E-state index is 12.6. The summed E-state index contributed by atoms with van der Waals surface area (Å²) < 4.78 is 10.6. The van der Waals surface area contributed by atoms with Crippen LogP contribution >= 0.6 is 0 Å². The topological polar surface area (TPSA) is 71.1 Å². The number of hydrogen-bond donors (Lipinski definition) is 1. The first-order chi connectivity index (χ1) is 14.1. The first kappa shape index (κ1) is 21.3. The number of nitrogens with zero attached hydrogens (tertiary/aromatic N) is 2. The van der Waals surface area contributed by atoms with Crippen molar-refractivity contribution in [3.63, 3.8) is 0 Å². The van der Waals surface area contributed by atoms with E-state index in [2.05, 4.69) is 5.32 Å². The Balaban J connectivity index is 1.42. The summed E-state index contributed by atoms with van der Waals surface area (Å²) in [6.07, 6.45) is 5.63. The molecule has 1 atom stereocenters. The molecule has 0 saturated carbocycles. The van der Waals surface area contributed by atoms with Gasteiger partial charge in [0.15, 0.2) is 0 Å². The number of nitrogens with one attached hydrogen (secondary N) is 1. The van der Waals surface area contributed by atoms with E-state index in [-0.39, 0.29) is 11.9 Å². The minimum atomic E-state index is 0.0332. The van der Waals surface area contributed by atoms with Gasteiger partial charge < -0.3 is 24.6 Å². The molecule has 0 unspecified atom stereocenters. The summed E-state index contributed by atoms with van der Waals surface area (Å²) in [5.74, 6) is 1.86. The predicted octanol–water partition coefficient (Wildman–Crippen LogP) is 3.03. The molecule has 0 aliphatic carbocycles. The van der Waals surface area contributed by atoms with Crippen molar-refractivity contribution >= 4 is 11.9 Å². The van der Waals surface area contributed by atoms with Gasteiger partial charge in [-0.05, 0) is 50.2 Å². The number of carbonyl (C=O) groups is 2. The van der Waals surface area contributed by atoms with Crippen molar-refractivity contribution in [3.8, 4) is 11.5 Å².